The molecule has 0 aromatic heterocycles. The molecule has 0 amide bonds. The molecule has 2 aliphatic rings. The normalized spacial score (nSPS) is 27.5. The Balaban J connectivity index is 1.76. The van der Waals surface area contributed by atoms with E-state index < -0.39 is 0 Å². The molecule has 0 saturated carbocycles. The molecule has 1 aliphatic heterocycles. The maximum atomic E-state index is 5.73. The summed E-state index contributed by atoms with van der Waals surface area (Å²) in [4.78, 5) is 2.71. The number of fused-ring (bicyclic) bond motifs is 1. The molecule has 1 aromatic rings. The summed E-state index contributed by atoms with van der Waals surface area (Å²) in [7, 11) is 0. The van der Waals surface area contributed by atoms with Gasteiger partial charge in [0, 0.05) is 17.1 Å². The van der Waals surface area contributed by atoms with E-state index in [1.807, 2.05) is 0 Å². The van der Waals surface area contributed by atoms with E-state index in [1.165, 1.54) is 55.2 Å². The van der Waals surface area contributed by atoms with Crippen molar-refractivity contribution >= 4 is 15.9 Å². The molecule has 3 rings (SSSR count). The summed E-state index contributed by atoms with van der Waals surface area (Å²) in [5.74, 6) is 0.815. The lowest BCUT2D eigenvalue weighted by Crippen LogP contribution is -2.38. The van der Waals surface area contributed by atoms with Crippen molar-refractivity contribution in [3.05, 3.63) is 33.8 Å². The largest absolute Gasteiger partial charge is 0.330 e. The van der Waals surface area contributed by atoms with Crippen molar-refractivity contribution in [3.63, 3.8) is 0 Å². The van der Waals surface area contributed by atoms with Crippen molar-refractivity contribution in [2.24, 2.45) is 11.7 Å². The lowest BCUT2D eigenvalue weighted by molar-refractivity contribution is 0.120. The van der Waals surface area contributed by atoms with E-state index in [0.717, 1.165) is 12.5 Å². The molecule has 1 saturated heterocycles. The van der Waals surface area contributed by atoms with Crippen LogP contribution < -0.4 is 5.73 Å². The maximum absolute atomic E-state index is 5.73. The molecule has 1 heterocycles. The summed E-state index contributed by atoms with van der Waals surface area (Å²) in [6, 6.07) is 7.33. The highest BCUT2D eigenvalue weighted by atomic mass is 79.9. The third kappa shape index (κ3) is 2.74. The van der Waals surface area contributed by atoms with Crippen molar-refractivity contribution in [1.82, 2.24) is 4.90 Å². The van der Waals surface area contributed by atoms with Crippen molar-refractivity contribution in [2.45, 2.75) is 38.1 Å². The Morgan fingerprint density at radius 2 is 2.21 bits per heavy atom. The number of nitrogens with zero attached hydrogens (tertiary/aromatic N) is 1. The Kier molecular flexibility index (Phi) is 4.25. The van der Waals surface area contributed by atoms with Gasteiger partial charge in [-0.25, -0.2) is 0 Å². The van der Waals surface area contributed by atoms with E-state index in [9.17, 15) is 0 Å². The number of halogens is 1. The number of piperidine rings is 1. The fourth-order valence-electron chi connectivity index (χ4n) is 3.82. The van der Waals surface area contributed by atoms with Crippen LogP contribution in [-0.2, 0) is 6.42 Å². The highest BCUT2D eigenvalue weighted by molar-refractivity contribution is 9.10. The number of rotatable bonds is 3. The first-order valence-corrected chi connectivity index (χ1v) is 8.30. The third-order valence-electron chi connectivity index (χ3n) is 4.75. The standard InChI is InChI=1S/C16H23BrN2/c17-15-5-1-4-14-13(15)6-7-16(14)19-10-2-3-12(11-19)8-9-18/h1,4-5,12,16H,2-3,6-11,18H2. The molecule has 2 atom stereocenters. The van der Waals surface area contributed by atoms with Gasteiger partial charge in [0.05, 0.1) is 0 Å². The van der Waals surface area contributed by atoms with Crippen LogP contribution in [0.1, 0.15) is 42.9 Å². The lowest BCUT2D eigenvalue weighted by Gasteiger charge is -2.37. The van der Waals surface area contributed by atoms with E-state index >= 15 is 0 Å². The first-order valence-electron chi connectivity index (χ1n) is 7.51. The number of benzene rings is 1. The Labute approximate surface area is 124 Å². The van der Waals surface area contributed by atoms with Gasteiger partial charge in [-0.3, -0.25) is 4.90 Å². The van der Waals surface area contributed by atoms with Crippen molar-refractivity contribution in [3.8, 4) is 0 Å². The molecule has 1 aromatic carbocycles. The topological polar surface area (TPSA) is 29.3 Å². The fraction of sp³-hybridized carbons (Fsp3) is 0.625. The second-order valence-electron chi connectivity index (χ2n) is 5.94. The molecule has 2 unspecified atom stereocenters. The summed E-state index contributed by atoms with van der Waals surface area (Å²) >= 11 is 3.70. The second kappa shape index (κ2) is 5.94. The molecule has 0 bridgehead atoms. The van der Waals surface area contributed by atoms with Crippen LogP contribution >= 0.6 is 15.9 Å². The predicted molar refractivity (Wildman–Crippen MR) is 83.2 cm³/mol. The van der Waals surface area contributed by atoms with Gasteiger partial charge in [-0.15, -0.1) is 0 Å². The number of hydrogen-bond acceptors (Lipinski definition) is 2. The van der Waals surface area contributed by atoms with Crippen LogP contribution in [0.15, 0.2) is 22.7 Å². The van der Waals surface area contributed by atoms with Crippen LogP contribution in [0.2, 0.25) is 0 Å². The smallest absolute Gasteiger partial charge is 0.0354 e. The van der Waals surface area contributed by atoms with Gasteiger partial charge < -0.3 is 5.73 Å². The maximum Gasteiger partial charge on any atom is 0.0354 e. The first-order chi connectivity index (χ1) is 9.29. The van der Waals surface area contributed by atoms with Gasteiger partial charge in [-0.05, 0) is 68.3 Å². The SMILES string of the molecule is NCCC1CCCN(C2CCc3c(Br)cccc32)C1. The van der Waals surface area contributed by atoms with Crippen LogP contribution in [0.25, 0.3) is 0 Å². The van der Waals surface area contributed by atoms with Gasteiger partial charge in [0.2, 0.25) is 0 Å². The minimum absolute atomic E-state index is 0.646. The van der Waals surface area contributed by atoms with E-state index in [4.69, 9.17) is 5.73 Å². The van der Waals surface area contributed by atoms with Crippen molar-refractivity contribution in [2.75, 3.05) is 19.6 Å². The van der Waals surface area contributed by atoms with E-state index in [2.05, 4.69) is 39.0 Å². The zero-order valence-corrected chi connectivity index (χ0v) is 13.0. The quantitative estimate of drug-likeness (QED) is 0.922. The van der Waals surface area contributed by atoms with Gasteiger partial charge in [-0.1, -0.05) is 28.1 Å². The van der Waals surface area contributed by atoms with Gasteiger partial charge >= 0.3 is 0 Å². The van der Waals surface area contributed by atoms with Crippen LogP contribution in [0.3, 0.4) is 0 Å². The van der Waals surface area contributed by atoms with E-state index in [-0.39, 0.29) is 0 Å². The molecule has 2 nitrogen and oxygen atoms in total. The summed E-state index contributed by atoms with van der Waals surface area (Å²) in [6.45, 7) is 3.34. The molecule has 2 N–H and O–H groups in total. The Morgan fingerprint density at radius 1 is 1.32 bits per heavy atom. The van der Waals surface area contributed by atoms with E-state index in [1.54, 1.807) is 5.56 Å². The summed E-state index contributed by atoms with van der Waals surface area (Å²) in [6.07, 6.45) is 6.40. The minimum Gasteiger partial charge on any atom is -0.330 e. The molecule has 104 valence electrons. The van der Waals surface area contributed by atoms with Crippen LogP contribution in [0.4, 0.5) is 0 Å². The first kappa shape index (κ1) is 13.6. The van der Waals surface area contributed by atoms with E-state index in [0.29, 0.717) is 6.04 Å². The Hall–Kier alpha value is -0.380. The molecular formula is C16H23BrN2. The Morgan fingerprint density at radius 3 is 3.05 bits per heavy atom. The molecule has 19 heavy (non-hydrogen) atoms. The Bertz CT molecular complexity index is 444. The van der Waals surface area contributed by atoms with Crippen LogP contribution in [0, 0.1) is 5.92 Å². The second-order valence-corrected chi connectivity index (χ2v) is 6.80. The molecule has 3 heteroatoms. The monoisotopic (exact) mass is 322 g/mol. The zero-order valence-electron chi connectivity index (χ0n) is 11.4. The van der Waals surface area contributed by atoms with Gasteiger partial charge in [0.1, 0.15) is 0 Å². The van der Waals surface area contributed by atoms with Gasteiger partial charge in [0.25, 0.3) is 0 Å². The number of likely N-dealkylation sites (tertiary alicyclic amines) is 1. The average Bonchev–Trinajstić information content (AvgIpc) is 2.85. The summed E-state index contributed by atoms with van der Waals surface area (Å²) in [5.41, 5.74) is 8.82. The lowest BCUT2D eigenvalue weighted by atomic mass is 9.93. The van der Waals surface area contributed by atoms with Gasteiger partial charge in [0.15, 0.2) is 0 Å². The highest BCUT2D eigenvalue weighted by Crippen LogP contribution is 2.40. The molecular weight excluding hydrogens is 300 g/mol. The van der Waals surface area contributed by atoms with Gasteiger partial charge in [-0.2, -0.15) is 0 Å². The fourth-order valence-corrected chi connectivity index (χ4v) is 4.40. The van der Waals surface area contributed by atoms with Crippen LogP contribution in [-0.4, -0.2) is 24.5 Å². The molecule has 0 radical (unpaired) electrons. The van der Waals surface area contributed by atoms with Crippen molar-refractivity contribution in [1.29, 1.82) is 0 Å². The number of hydrogen-bond donors (Lipinski definition) is 1. The summed E-state index contributed by atoms with van der Waals surface area (Å²) in [5, 5.41) is 0. The average molecular weight is 323 g/mol. The number of nitrogens with two attached hydrogens (primary N) is 1. The van der Waals surface area contributed by atoms with Crippen LogP contribution in [0.5, 0.6) is 0 Å². The third-order valence-corrected chi connectivity index (χ3v) is 5.49. The van der Waals surface area contributed by atoms with Crippen molar-refractivity contribution < 1.29 is 0 Å². The summed E-state index contributed by atoms with van der Waals surface area (Å²) < 4.78 is 1.29. The predicted octanol–water partition coefficient (Wildman–Crippen LogP) is 3.50. The zero-order chi connectivity index (χ0) is 13.2. The highest BCUT2D eigenvalue weighted by Gasteiger charge is 2.31. The molecule has 0 spiro atoms. The molecule has 1 aliphatic carbocycles. The molecule has 1 fully saturated rings. The minimum atomic E-state index is 0.646.